The number of pyridine rings is 1. The van der Waals surface area contributed by atoms with Gasteiger partial charge in [-0.2, -0.15) is 0 Å². The monoisotopic (exact) mass is 301 g/mol. The second kappa shape index (κ2) is 5.60. The van der Waals surface area contributed by atoms with E-state index in [0.29, 0.717) is 12.2 Å². The summed E-state index contributed by atoms with van der Waals surface area (Å²) in [5.74, 6) is 0.798. The van der Waals surface area contributed by atoms with Gasteiger partial charge in [0.2, 0.25) is 10.0 Å². The molecule has 0 saturated carbocycles. The number of hydrogen-bond donors (Lipinski definition) is 2. The molecular formula is C11H12ClN3O3S. The molecule has 0 bridgehead atoms. The highest BCUT2D eigenvalue weighted by Crippen LogP contribution is 2.19. The van der Waals surface area contributed by atoms with Crippen molar-refractivity contribution in [2.24, 2.45) is 0 Å². The van der Waals surface area contributed by atoms with Crippen LogP contribution in [0.3, 0.4) is 0 Å². The van der Waals surface area contributed by atoms with Crippen molar-refractivity contribution in [3.63, 3.8) is 0 Å². The van der Waals surface area contributed by atoms with E-state index in [1.807, 2.05) is 0 Å². The number of hydrogen-bond acceptors (Lipinski definition) is 5. The fourth-order valence-electron chi connectivity index (χ4n) is 1.42. The molecule has 2 aromatic heterocycles. The summed E-state index contributed by atoms with van der Waals surface area (Å²) in [6, 6.07) is 4.78. The lowest BCUT2D eigenvalue weighted by Gasteiger charge is -2.06. The largest absolute Gasteiger partial charge is 0.469 e. The van der Waals surface area contributed by atoms with Crippen molar-refractivity contribution in [1.29, 1.82) is 0 Å². The van der Waals surface area contributed by atoms with Gasteiger partial charge in [-0.15, -0.1) is 0 Å². The molecule has 6 nitrogen and oxygen atoms in total. The van der Waals surface area contributed by atoms with Gasteiger partial charge in [0.25, 0.3) is 0 Å². The highest BCUT2D eigenvalue weighted by Gasteiger charge is 2.15. The van der Waals surface area contributed by atoms with Gasteiger partial charge < -0.3 is 10.2 Å². The van der Waals surface area contributed by atoms with Crippen molar-refractivity contribution in [1.82, 2.24) is 9.71 Å². The van der Waals surface area contributed by atoms with Gasteiger partial charge in [0.05, 0.1) is 11.3 Å². The Kier molecular flexibility index (Phi) is 4.08. The van der Waals surface area contributed by atoms with Gasteiger partial charge in [0, 0.05) is 19.2 Å². The summed E-state index contributed by atoms with van der Waals surface area (Å²) in [6.07, 6.45) is 3.16. The van der Waals surface area contributed by atoms with Gasteiger partial charge in [-0.1, -0.05) is 11.6 Å². The number of nitrogens with zero attached hydrogens (tertiary/aromatic N) is 1. The van der Waals surface area contributed by atoms with E-state index in [-0.39, 0.29) is 22.3 Å². The SMILES string of the molecule is Nc1ncc(S(=O)(=O)NCCc2ccco2)cc1Cl. The highest BCUT2D eigenvalue weighted by molar-refractivity contribution is 7.89. The summed E-state index contributed by atoms with van der Waals surface area (Å²) in [7, 11) is -3.65. The number of anilines is 1. The summed E-state index contributed by atoms with van der Waals surface area (Å²) >= 11 is 5.74. The number of furan rings is 1. The Morgan fingerprint density at radius 1 is 1.47 bits per heavy atom. The molecule has 2 rings (SSSR count). The molecule has 2 aromatic rings. The Morgan fingerprint density at radius 3 is 2.89 bits per heavy atom. The van der Waals surface area contributed by atoms with Crippen molar-refractivity contribution in [3.8, 4) is 0 Å². The summed E-state index contributed by atoms with van der Waals surface area (Å²) in [5.41, 5.74) is 5.43. The quantitative estimate of drug-likeness (QED) is 0.870. The van der Waals surface area contributed by atoms with E-state index in [4.69, 9.17) is 21.8 Å². The molecule has 0 fully saturated rings. The van der Waals surface area contributed by atoms with Crippen LogP contribution in [0.25, 0.3) is 0 Å². The van der Waals surface area contributed by atoms with Crippen LogP contribution >= 0.6 is 11.6 Å². The lowest BCUT2D eigenvalue weighted by atomic mass is 10.3. The lowest BCUT2D eigenvalue weighted by molar-refractivity contribution is 0.506. The summed E-state index contributed by atoms with van der Waals surface area (Å²) in [6.45, 7) is 0.220. The minimum atomic E-state index is -3.65. The number of nitrogens with one attached hydrogen (secondary N) is 1. The van der Waals surface area contributed by atoms with Crippen LogP contribution in [0.1, 0.15) is 5.76 Å². The van der Waals surface area contributed by atoms with Crippen LogP contribution in [0, 0.1) is 0 Å². The highest BCUT2D eigenvalue weighted by atomic mass is 35.5. The van der Waals surface area contributed by atoms with Crippen LogP contribution in [0.2, 0.25) is 5.02 Å². The molecule has 0 saturated heterocycles. The predicted molar refractivity (Wildman–Crippen MR) is 71.3 cm³/mol. The molecule has 3 N–H and O–H groups in total. The minimum Gasteiger partial charge on any atom is -0.469 e. The van der Waals surface area contributed by atoms with Crippen molar-refractivity contribution in [2.75, 3.05) is 12.3 Å². The van der Waals surface area contributed by atoms with E-state index >= 15 is 0 Å². The van der Waals surface area contributed by atoms with Gasteiger partial charge in [0.15, 0.2) is 0 Å². The maximum absolute atomic E-state index is 11.9. The van der Waals surface area contributed by atoms with E-state index in [9.17, 15) is 8.42 Å². The molecule has 0 atom stereocenters. The number of nitrogen functional groups attached to an aromatic ring is 1. The first kappa shape index (κ1) is 13.9. The van der Waals surface area contributed by atoms with Gasteiger partial charge in [-0.3, -0.25) is 0 Å². The standard InChI is InChI=1S/C11H12ClN3O3S/c12-10-6-9(7-14-11(10)13)19(16,17)15-4-3-8-2-1-5-18-8/h1-2,5-7,15H,3-4H2,(H2,13,14). The third kappa shape index (κ3) is 3.46. The number of halogens is 1. The molecule has 0 spiro atoms. The van der Waals surface area contributed by atoms with Gasteiger partial charge in [-0.05, 0) is 18.2 Å². The molecule has 102 valence electrons. The Bertz CT molecular complexity index is 656. The van der Waals surface area contributed by atoms with E-state index in [0.717, 1.165) is 6.20 Å². The first-order valence-corrected chi connectivity index (χ1v) is 7.28. The zero-order valence-corrected chi connectivity index (χ0v) is 11.4. The second-order valence-corrected chi connectivity index (χ2v) is 5.94. The molecule has 0 unspecified atom stereocenters. The molecule has 0 aromatic carbocycles. The average molecular weight is 302 g/mol. The number of sulfonamides is 1. The van der Waals surface area contributed by atoms with Gasteiger partial charge >= 0.3 is 0 Å². The molecule has 0 aliphatic rings. The smallest absolute Gasteiger partial charge is 0.242 e. The molecule has 8 heteroatoms. The van der Waals surface area contributed by atoms with Crippen LogP contribution in [0.4, 0.5) is 5.82 Å². The third-order valence-electron chi connectivity index (χ3n) is 2.40. The first-order valence-electron chi connectivity index (χ1n) is 5.42. The third-order valence-corrected chi connectivity index (χ3v) is 4.13. The Balaban J connectivity index is 2.03. The maximum atomic E-state index is 11.9. The summed E-state index contributed by atoms with van der Waals surface area (Å²) in [4.78, 5) is 3.69. The predicted octanol–water partition coefficient (Wildman–Crippen LogP) is 1.43. The number of nitrogens with two attached hydrogens (primary N) is 1. The average Bonchev–Trinajstić information content (AvgIpc) is 2.85. The van der Waals surface area contributed by atoms with E-state index < -0.39 is 10.0 Å². The number of rotatable bonds is 5. The van der Waals surface area contributed by atoms with Gasteiger partial charge in [0.1, 0.15) is 16.5 Å². The summed E-state index contributed by atoms with van der Waals surface area (Å²) < 4.78 is 31.4. The zero-order chi connectivity index (χ0) is 13.9. The Labute approximate surface area is 115 Å². The molecular weight excluding hydrogens is 290 g/mol. The molecule has 2 heterocycles. The second-order valence-electron chi connectivity index (χ2n) is 3.77. The van der Waals surface area contributed by atoms with E-state index in [1.165, 1.54) is 12.3 Å². The zero-order valence-electron chi connectivity index (χ0n) is 9.84. The fourth-order valence-corrected chi connectivity index (χ4v) is 2.66. The van der Waals surface area contributed by atoms with Gasteiger partial charge in [-0.25, -0.2) is 18.1 Å². The topological polar surface area (TPSA) is 98.2 Å². The Hall–Kier alpha value is -1.57. The van der Waals surface area contributed by atoms with Crippen LogP contribution in [0.5, 0.6) is 0 Å². The van der Waals surface area contributed by atoms with Crippen molar-refractivity contribution in [2.45, 2.75) is 11.3 Å². The normalized spacial score (nSPS) is 11.6. The molecule has 0 amide bonds. The van der Waals surface area contributed by atoms with Crippen molar-refractivity contribution < 1.29 is 12.8 Å². The van der Waals surface area contributed by atoms with Crippen LogP contribution in [-0.4, -0.2) is 19.9 Å². The Morgan fingerprint density at radius 2 is 2.26 bits per heavy atom. The van der Waals surface area contributed by atoms with E-state index in [1.54, 1.807) is 12.1 Å². The minimum absolute atomic E-state index is 0.0221. The molecule has 19 heavy (non-hydrogen) atoms. The van der Waals surface area contributed by atoms with Crippen molar-refractivity contribution >= 4 is 27.4 Å². The molecule has 0 aliphatic carbocycles. The van der Waals surface area contributed by atoms with Crippen LogP contribution in [-0.2, 0) is 16.4 Å². The van der Waals surface area contributed by atoms with Crippen LogP contribution < -0.4 is 10.5 Å². The van der Waals surface area contributed by atoms with E-state index in [2.05, 4.69) is 9.71 Å². The molecule has 0 aliphatic heterocycles. The van der Waals surface area contributed by atoms with Crippen LogP contribution in [0.15, 0.2) is 40.0 Å². The first-order chi connectivity index (χ1) is 8.99. The summed E-state index contributed by atoms with van der Waals surface area (Å²) in [5, 5.41) is 0.105. The maximum Gasteiger partial charge on any atom is 0.242 e. The number of aromatic nitrogens is 1. The van der Waals surface area contributed by atoms with Crippen molar-refractivity contribution in [3.05, 3.63) is 41.4 Å². The molecule has 0 radical (unpaired) electrons. The fraction of sp³-hybridized carbons (Fsp3) is 0.182. The lowest BCUT2D eigenvalue weighted by Crippen LogP contribution is -2.26.